The second-order valence-electron chi connectivity index (χ2n) is 6.74. The van der Waals surface area contributed by atoms with Crippen LogP contribution in [0, 0.1) is 6.92 Å². The van der Waals surface area contributed by atoms with Crippen molar-refractivity contribution >= 4 is 11.7 Å². The van der Waals surface area contributed by atoms with Crippen molar-refractivity contribution in [1.29, 1.82) is 0 Å². The number of ether oxygens (including phenoxy) is 1. The number of aromatic nitrogens is 1. The smallest absolute Gasteiger partial charge is 0.216 e. The Labute approximate surface area is 154 Å². The molecule has 1 aliphatic rings. The summed E-state index contributed by atoms with van der Waals surface area (Å²) in [6, 6.07) is 9.59. The first-order chi connectivity index (χ1) is 12.7. The first kappa shape index (κ1) is 18.4. The highest BCUT2D eigenvalue weighted by Crippen LogP contribution is 2.14. The molecule has 0 spiro atoms. The summed E-state index contributed by atoms with van der Waals surface area (Å²) in [5.74, 6) is 1.86. The average Bonchev–Trinajstić information content (AvgIpc) is 3.33. The van der Waals surface area contributed by atoms with Crippen LogP contribution in [0.4, 0.5) is 0 Å². The number of unbranched alkanes of at least 4 members (excludes halogenated alkanes) is 4. The molecular formula is C21H26N2O3. The van der Waals surface area contributed by atoms with Crippen molar-refractivity contribution in [1.82, 2.24) is 5.16 Å². The average molecular weight is 354 g/mol. The predicted octanol–water partition coefficient (Wildman–Crippen LogP) is 4.53. The zero-order valence-corrected chi connectivity index (χ0v) is 15.4. The van der Waals surface area contributed by atoms with E-state index >= 15 is 0 Å². The topological polar surface area (TPSA) is 64.7 Å². The SMILES string of the molecule is Cc1cc(CCCCCCCC(=O)c2ccc(C3=NCCO3)cc2)on1. The fraction of sp³-hybridized carbons (Fsp3) is 0.476. The Morgan fingerprint density at radius 1 is 1.08 bits per heavy atom. The van der Waals surface area contributed by atoms with Crippen molar-refractivity contribution < 1.29 is 14.1 Å². The molecule has 0 fully saturated rings. The Hall–Kier alpha value is -2.43. The number of ketones is 1. The first-order valence-electron chi connectivity index (χ1n) is 9.45. The molecule has 138 valence electrons. The third-order valence-corrected chi connectivity index (χ3v) is 4.54. The van der Waals surface area contributed by atoms with Gasteiger partial charge in [0.15, 0.2) is 5.78 Å². The van der Waals surface area contributed by atoms with Crippen molar-refractivity contribution in [3.8, 4) is 0 Å². The zero-order chi connectivity index (χ0) is 18.2. The monoisotopic (exact) mass is 354 g/mol. The third kappa shape index (κ3) is 5.28. The minimum Gasteiger partial charge on any atom is -0.476 e. The molecule has 0 atom stereocenters. The fourth-order valence-electron chi connectivity index (χ4n) is 3.10. The molecule has 2 aromatic rings. The van der Waals surface area contributed by atoms with Crippen LogP contribution in [0.5, 0.6) is 0 Å². The summed E-state index contributed by atoms with van der Waals surface area (Å²) >= 11 is 0. The van der Waals surface area contributed by atoms with Gasteiger partial charge in [-0.25, -0.2) is 4.99 Å². The quantitative estimate of drug-likeness (QED) is 0.464. The van der Waals surface area contributed by atoms with E-state index in [4.69, 9.17) is 9.26 Å². The highest BCUT2D eigenvalue weighted by atomic mass is 16.5. The number of nitrogens with zero attached hydrogens (tertiary/aromatic N) is 2. The minimum atomic E-state index is 0.211. The van der Waals surface area contributed by atoms with Gasteiger partial charge in [0, 0.05) is 30.0 Å². The van der Waals surface area contributed by atoms with Crippen molar-refractivity contribution in [2.75, 3.05) is 13.2 Å². The number of rotatable bonds is 10. The highest BCUT2D eigenvalue weighted by Gasteiger charge is 2.11. The minimum absolute atomic E-state index is 0.211. The predicted molar refractivity (Wildman–Crippen MR) is 101 cm³/mol. The van der Waals surface area contributed by atoms with Crippen LogP contribution in [0.25, 0.3) is 0 Å². The first-order valence-corrected chi connectivity index (χ1v) is 9.45. The third-order valence-electron chi connectivity index (χ3n) is 4.54. The van der Waals surface area contributed by atoms with Gasteiger partial charge in [-0.2, -0.15) is 0 Å². The lowest BCUT2D eigenvalue weighted by molar-refractivity contribution is 0.0979. The van der Waals surface area contributed by atoms with Gasteiger partial charge in [-0.05, 0) is 31.9 Å². The molecule has 0 aliphatic carbocycles. The number of hydrogen-bond donors (Lipinski definition) is 0. The van der Waals surface area contributed by atoms with E-state index in [1.807, 2.05) is 37.3 Å². The van der Waals surface area contributed by atoms with Gasteiger partial charge in [-0.3, -0.25) is 4.79 Å². The van der Waals surface area contributed by atoms with Crippen LogP contribution >= 0.6 is 0 Å². The maximum Gasteiger partial charge on any atom is 0.216 e. The summed E-state index contributed by atoms with van der Waals surface area (Å²) in [5, 5.41) is 3.89. The summed E-state index contributed by atoms with van der Waals surface area (Å²) < 4.78 is 10.6. The molecule has 0 radical (unpaired) electrons. The Morgan fingerprint density at radius 2 is 1.85 bits per heavy atom. The van der Waals surface area contributed by atoms with E-state index in [-0.39, 0.29) is 5.78 Å². The molecule has 26 heavy (non-hydrogen) atoms. The van der Waals surface area contributed by atoms with E-state index in [1.54, 1.807) is 0 Å². The van der Waals surface area contributed by atoms with E-state index in [9.17, 15) is 4.79 Å². The van der Waals surface area contributed by atoms with Gasteiger partial charge in [0.25, 0.3) is 0 Å². The summed E-state index contributed by atoms with van der Waals surface area (Å²) in [7, 11) is 0. The molecule has 0 N–H and O–H groups in total. The molecule has 0 saturated carbocycles. The molecule has 0 saturated heterocycles. The molecule has 0 bridgehead atoms. The molecule has 5 nitrogen and oxygen atoms in total. The molecule has 0 amide bonds. The molecule has 2 heterocycles. The number of aryl methyl sites for hydroxylation is 2. The molecule has 1 aromatic carbocycles. The molecule has 5 heteroatoms. The number of carbonyl (C=O) groups is 1. The van der Waals surface area contributed by atoms with Gasteiger partial charge in [0.1, 0.15) is 12.4 Å². The van der Waals surface area contributed by atoms with Gasteiger partial charge in [-0.1, -0.05) is 36.6 Å². The lowest BCUT2D eigenvalue weighted by atomic mass is 10.0. The molecule has 0 unspecified atom stereocenters. The van der Waals surface area contributed by atoms with Crippen LogP contribution in [0.3, 0.4) is 0 Å². The number of hydrogen-bond acceptors (Lipinski definition) is 5. The summed E-state index contributed by atoms with van der Waals surface area (Å²) in [6.45, 7) is 3.30. The Balaban J connectivity index is 1.30. The molecular weight excluding hydrogens is 328 g/mol. The van der Waals surface area contributed by atoms with Crippen LogP contribution in [0.15, 0.2) is 39.8 Å². The summed E-state index contributed by atoms with van der Waals surface area (Å²) in [4.78, 5) is 16.6. The maximum absolute atomic E-state index is 12.3. The Bertz CT molecular complexity index is 747. The zero-order valence-electron chi connectivity index (χ0n) is 15.4. The number of Topliss-reactive ketones (excluding diaryl/α,β-unsaturated/α-hetero) is 1. The Morgan fingerprint density at radius 3 is 2.54 bits per heavy atom. The van der Waals surface area contributed by atoms with E-state index in [2.05, 4.69) is 10.1 Å². The standard InChI is InChI=1S/C21H26N2O3/c1-16-15-19(26-23-16)7-5-3-2-4-6-8-20(24)17-9-11-18(12-10-17)21-22-13-14-25-21/h9-12,15H,2-8,13-14H2,1H3. The summed E-state index contributed by atoms with van der Waals surface area (Å²) in [6.07, 6.45) is 7.00. The van der Waals surface area contributed by atoms with Crippen LogP contribution in [0.2, 0.25) is 0 Å². The van der Waals surface area contributed by atoms with Crippen LogP contribution < -0.4 is 0 Å². The van der Waals surface area contributed by atoms with Gasteiger partial charge >= 0.3 is 0 Å². The summed E-state index contributed by atoms with van der Waals surface area (Å²) in [5.41, 5.74) is 2.66. The molecule has 1 aliphatic heterocycles. The van der Waals surface area contributed by atoms with Gasteiger partial charge in [-0.15, -0.1) is 0 Å². The van der Waals surface area contributed by atoms with Gasteiger partial charge in [0.2, 0.25) is 5.90 Å². The molecule has 3 rings (SSSR count). The fourth-order valence-corrected chi connectivity index (χ4v) is 3.10. The number of carbonyl (C=O) groups excluding carboxylic acids is 1. The Kier molecular flexibility index (Phi) is 6.58. The largest absolute Gasteiger partial charge is 0.476 e. The van der Waals surface area contributed by atoms with E-state index in [0.29, 0.717) is 25.5 Å². The van der Waals surface area contributed by atoms with Gasteiger partial charge in [0.05, 0.1) is 12.2 Å². The molecule has 1 aromatic heterocycles. The number of benzene rings is 1. The second kappa shape index (κ2) is 9.32. The lowest BCUT2D eigenvalue weighted by Crippen LogP contribution is -2.03. The van der Waals surface area contributed by atoms with E-state index < -0.39 is 0 Å². The normalized spacial score (nSPS) is 13.5. The van der Waals surface area contributed by atoms with Crippen molar-refractivity contribution in [3.05, 3.63) is 52.9 Å². The van der Waals surface area contributed by atoms with Gasteiger partial charge < -0.3 is 9.26 Å². The van der Waals surface area contributed by atoms with Crippen LogP contribution in [0.1, 0.15) is 65.9 Å². The van der Waals surface area contributed by atoms with Crippen molar-refractivity contribution in [2.45, 2.75) is 51.9 Å². The van der Waals surface area contributed by atoms with Crippen LogP contribution in [-0.4, -0.2) is 30.0 Å². The maximum atomic E-state index is 12.3. The van der Waals surface area contributed by atoms with Crippen LogP contribution in [-0.2, 0) is 11.2 Å². The van der Waals surface area contributed by atoms with Crippen molar-refractivity contribution in [3.63, 3.8) is 0 Å². The highest BCUT2D eigenvalue weighted by molar-refractivity contribution is 5.99. The van der Waals surface area contributed by atoms with E-state index in [1.165, 1.54) is 0 Å². The van der Waals surface area contributed by atoms with Crippen molar-refractivity contribution in [2.24, 2.45) is 4.99 Å². The number of aliphatic imine (C=N–C) groups is 1. The second-order valence-corrected chi connectivity index (χ2v) is 6.74. The lowest BCUT2D eigenvalue weighted by Gasteiger charge is -2.04. The van der Waals surface area contributed by atoms with E-state index in [0.717, 1.165) is 61.1 Å².